The Hall–Kier alpha value is -0.940. The molecule has 2 heterocycles. The standard InChI is InChI=1S/C15H27N3O2/c1-14(2,3)11(19-6)12-17-13(20-18-12)10-15(4,5)8-7-9-16-10/h10-11,16H,7-9H2,1-6H3. The van der Waals surface area contributed by atoms with Crippen molar-refractivity contribution in [2.45, 2.75) is 59.6 Å². The van der Waals surface area contributed by atoms with Gasteiger partial charge in [0.2, 0.25) is 11.7 Å². The molecule has 0 spiro atoms. The molecule has 0 bridgehead atoms. The number of methoxy groups -OCH3 is 1. The van der Waals surface area contributed by atoms with Crippen LogP contribution in [-0.2, 0) is 4.74 Å². The fraction of sp³-hybridized carbons (Fsp3) is 0.867. The molecule has 2 rings (SSSR count). The van der Waals surface area contributed by atoms with Gasteiger partial charge in [-0.1, -0.05) is 39.8 Å². The molecule has 20 heavy (non-hydrogen) atoms. The van der Waals surface area contributed by atoms with Crippen LogP contribution < -0.4 is 5.32 Å². The minimum Gasteiger partial charge on any atom is -0.373 e. The number of hydrogen-bond acceptors (Lipinski definition) is 5. The van der Waals surface area contributed by atoms with E-state index in [0.29, 0.717) is 11.7 Å². The fourth-order valence-corrected chi connectivity index (χ4v) is 2.95. The molecular weight excluding hydrogens is 254 g/mol. The first kappa shape index (κ1) is 15.4. The number of aromatic nitrogens is 2. The smallest absolute Gasteiger partial charge is 0.244 e. The second-order valence-corrected chi connectivity index (χ2v) is 7.45. The van der Waals surface area contributed by atoms with E-state index in [-0.39, 0.29) is 23.0 Å². The number of nitrogens with one attached hydrogen (secondary N) is 1. The molecule has 0 amide bonds. The van der Waals surface area contributed by atoms with Crippen LogP contribution >= 0.6 is 0 Å². The van der Waals surface area contributed by atoms with Gasteiger partial charge in [0.05, 0.1) is 6.04 Å². The Bertz CT molecular complexity index is 448. The third-order valence-electron chi connectivity index (χ3n) is 4.09. The highest BCUT2D eigenvalue weighted by Crippen LogP contribution is 2.40. The van der Waals surface area contributed by atoms with Crippen molar-refractivity contribution in [3.63, 3.8) is 0 Å². The lowest BCUT2D eigenvalue weighted by atomic mass is 9.77. The predicted molar refractivity (Wildman–Crippen MR) is 77.3 cm³/mol. The Morgan fingerprint density at radius 3 is 2.65 bits per heavy atom. The van der Waals surface area contributed by atoms with Gasteiger partial charge in [-0.3, -0.25) is 0 Å². The van der Waals surface area contributed by atoms with Crippen molar-refractivity contribution in [1.82, 2.24) is 15.5 Å². The molecule has 5 heteroatoms. The van der Waals surface area contributed by atoms with E-state index in [4.69, 9.17) is 9.26 Å². The van der Waals surface area contributed by atoms with Gasteiger partial charge in [-0.25, -0.2) is 0 Å². The van der Waals surface area contributed by atoms with Crippen LogP contribution in [-0.4, -0.2) is 23.8 Å². The molecule has 1 aliphatic heterocycles. The SMILES string of the molecule is COC(c1noc(C2NCCCC2(C)C)n1)C(C)(C)C. The molecule has 0 aliphatic carbocycles. The fourth-order valence-electron chi connectivity index (χ4n) is 2.95. The maximum Gasteiger partial charge on any atom is 0.244 e. The van der Waals surface area contributed by atoms with Crippen LogP contribution in [0.15, 0.2) is 4.52 Å². The highest BCUT2D eigenvalue weighted by atomic mass is 16.5. The van der Waals surface area contributed by atoms with Crippen molar-refractivity contribution in [3.05, 3.63) is 11.7 Å². The third kappa shape index (κ3) is 3.04. The number of ether oxygens (including phenoxy) is 1. The molecule has 1 aromatic rings. The lowest BCUT2D eigenvalue weighted by Crippen LogP contribution is -2.40. The van der Waals surface area contributed by atoms with Crippen LogP contribution in [0.5, 0.6) is 0 Å². The topological polar surface area (TPSA) is 60.2 Å². The molecular formula is C15H27N3O2. The summed E-state index contributed by atoms with van der Waals surface area (Å²) in [6.45, 7) is 11.8. The zero-order valence-electron chi connectivity index (χ0n) is 13.5. The average Bonchev–Trinajstić information content (AvgIpc) is 2.76. The Morgan fingerprint density at radius 2 is 2.10 bits per heavy atom. The zero-order valence-corrected chi connectivity index (χ0v) is 13.5. The molecule has 1 N–H and O–H groups in total. The summed E-state index contributed by atoms with van der Waals surface area (Å²) in [5, 5.41) is 7.64. The zero-order chi connectivity index (χ0) is 15.0. The quantitative estimate of drug-likeness (QED) is 0.921. The highest BCUT2D eigenvalue weighted by Gasteiger charge is 2.38. The van der Waals surface area contributed by atoms with Crippen molar-refractivity contribution in [2.75, 3.05) is 13.7 Å². The van der Waals surface area contributed by atoms with Gasteiger partial charge in [0.15, 0.2) is 0 Å². The van der Waals surface area contributed by atoms with Crippen LogP contribution in [0.1, 0.15) is 71.3 Å². The summed E-state index contributed by atoms with van der Waals surface area (Å²) < 4.78 is 11.1. The highest BCUT2D eigenvalue weighted by molar-refractivity contribution is 5.04. The molecule has 0 saturated carbocycles. The van der Waals surface area contributed by atoms with Gasteiger partial charge in [-0.05, 0) is 30.2 Å². The van der Waals surface area contributed by atoms with Crippen LogP contribution in [0.3, 0.4) is 0 Å². The second-order valence-electron chi connectivity index (χ2n) is 7.45. The van der Waals surface area contributed by atoms with Gasteiger partial charge in [0, 0.05) is 7.11 Å². The maximum absolute atomic E-state index is 5.55. The van der Waals surface area contributed by atoms with E-state index >= 15 is 0 Å². The van der Waals surface area contributed by atoms with E-state index in [1.165, 1.54) is 6.42 Å². The number of piperidine rings is 1. The van der Waals surface area contributed by atoms with Crippen LogP contribution in [0, 0.1) is 10.8 Å². The van der Waals surface area contributed by atoms with Crippen molar-refractivity contribution in [3.8, 4) is 0 Å². The van der Waals surface area contributed by atoms with Crippen LogP contribution in [0.2, 0.25) is 0 Å². The third-order valence-corrected chi connectivity index (χ3v) is 4.09. The summed E-state index contributed by atoms with van der Waals surface area (Å²) in [4.78, 5) is 4.60. The Balaban J connectivity index is 2.24. The lowest BCUT2D eigenvalue weighted by molar-refractivity contribution is 0.00718. The van der Waals surface area contributed by atoms with Crippen LogP contribution in [0.25, 0.3) is 0 Å². The van der Waals surface area contributed by atoms with Gasteiger partial charge in [-0.15, -0.1) is 0 Å². The Labute approximate surface area is 121 Å². The molecule has 114 valence electrons. The van der Waals surface area contributed by atoms with E-state index in [1.807, 2.05) is 0 Å². The van der Waals surface area contributed by atoms with Crippen molar-refractivity contribution >= 4 is 0 Å². The first-order valence-electron chi connectivity index (χ1n) is 7.35. The van der Waals surface area contributed by atoms with E-state index in [0.717, 1.165) is 13.0 Å². The molecule has 1 aromatic heterocycles. The molecule has 1 saturated heterocycles. The first-order chi connectivity index (χ1) is 9.25. The maximum atomic E-state index is 5.55. The first-order valence-corrected chi connectivity index (χ1v) is 7.35. The van der Waals surface area contributed by atoms with Crippen molar-refractivity contribution < 1.29 is 9.26 Å². The number of rotatable bonds is 3. The number of hydrogen-bond donors (Lipinski definition) is 1. The average molecular weight is 281 g/mol. The monoisotopic (exact) mass is 281 g/mol. The molecule has 2 unspecified atom stereocenters. The van der Waals surface area contributed by atoms with Crippen LogP contribution in [0.4, 0.5) is 0 Å². The molecule has 5 nitrogen and oxygen atoms in total. The summed E-state index contributed by atoms with van der Waals surface area (Å²) in [6.07, 6.45) is 2.19. The molecule has 0 radical (unpaired) electrons. The second kappa shape index (κ2) is 5.45. The van der Waals surface area contributed by atoms with Gasteiger partial charge >= 0.3 is 0 Å². The molecule has 0 aromatic carbocycles. The normalized spacial score (nSPS) is 24.6. The molecule has 1 fully saturated rings. The van der Waals surface area contributed by atoms with Gasteiger partial charge in [0.25, 0.3) is 0 Å². The predicted octanol–water partition coefficient (Wildman–Crippen LogP) is 3.25. The minimum atomic E-state index is -0.160. The summed E-state index contributed by atoms with van der Waals surface area (Å²) in [6, 6.07) is 0.120. The molecule has 2 atom stereocenters. The number of nitrogens with zero attached hydrogens (tertiary/aromatic N) is 2. The summed E-state index contributed by atoms with van der Waals surface area (Å²) in [5.74, 6) is 1.31. The van der Waals surface area contributed by atoms with E-state index in [9.17, 15) is 0 Å². The van der Waals surface area contributed by atoms with E-state index in [2.05, 4.69) is 50.1 Å². The van der Waals surface area contributed by atoms with Gasteiger partial charge < -0.3 is 14.6 Å². The summed E-state index contributed by atoms with van der Waals surface area (Å²) >= 11 is 0. The summed E-state index contributed by atoms with van der Waals surface area (Å²) in [7, 11) is 1.69. The minimum absolute atomic E-state index is 0.0641. The van der Waals surface area contributed by atoms with Gasteiger partial charge in [-0.2, -0.15) is 4.98 Å². The van der Waals surface area contributed by atoms with Gasteiger partial charge in [0.1, 0.15) is 6.10 Å². The summed E-state index contributed by atoms with van der Waals surface area (Å²) in [5.41, 5.74) is 0.0672. The molecule has 1 aliphatic rings. The Morgan fingerprint density at radius 1 is 1.40 bits per heavy atom. The Kier molecular flexibility index (Phi) is 4.21. The lowest BCUT2D eigenvalue weighted by Gasteiger charge is -2.36. The van der Waals surface area contributed by atoms with E-state index < -0.39 is 0 Å². The van der Waals surface area contributed by atoms with Crippen molar-refractivity contribution in [1.29, 1.82) is 0 Å². The van der Waals surface area contributed by atoms with E-state index in [1.54, 1.807) is 7.11 Å². The van der Waals surface area contributed by atoms with Crippen molar-refractivity contribution in [2.24, 2.45) is 10.8 Å². The largest absolute Gasteiger partial charge is 0.373 e.